The number of nitrogens with one attached hydrogen (secondary N) is 1. The SMILES string of the molecule is COc1cc(N2CCC3(CCN(C(=O)c4cccs4)CC3)C2=O)ccc1/C(C=N)=C/N. The van der Waals surface area contributed by atoms with Crippen LogP contribution in [0, 0.1) is 10.8 Å². The zero-order valence-corrected chi connectivity index (χ0v) is 18.3. The normalized spacial score (nSPS) is 18.5. The molecule has 0 radical (unpaired) electrons. The van der Waals surface area contributed by atoms with E-state index in [1.807, 2.05) is 45.5 Å². The minimum absolute atomic E-state index is 0.0578. The Hall–Kier alpha value is -3.13. The second-order valence-electron chi connectivity index (χ2n) is 7.91. The van der Waals surface area contributed by atoms with E-state index in [0.29, 0.717) is 49.4 Å². The van der Waals surface area contributed by atoms with Crippen LogP contribution in [0.2, 0.25) is 0 Å². The Labute approximate surface area is 185 Å². The molecule has 0 bridgehead atoms. The molecule has 3 N–H and O–H groups in total. The summed E-state index contributed by atoms with van der Waals surface area (Å²) in [4.78, 5) is 30.5. The van der Waals surface area contributed by atoms with Crippen LogP contribution in [0.5, 0.6) is 5.75 Å². The van der Waals surface area contributed by atoms with Crippen LogP contribution in [-0.2, 0) is 4.79 Å². The summed E-state index contributed by atoms with van der Waals surface area (Å²) < 4.78 is 5.50. The Morgan fingerprint density at radius 2 is 1.97 bits per heavy atom. The number of carbonyl (C=O) groups is 2. The highest BCUT2D eigenvalue weighted by Crippen LogP contribution is 2.44. The summed E-state index contributed by atoms with van der Waals surface area (Å²) in [5, 5.41) is 9.43. The number of amides is 2. The minimum Gasteiger partial charge on any atom is -0.496 e. The average Bonchev–Trinajstić information content (AvgIpc) is 3.45. The summed E-state index contributed by atoms with van der Waals surface area (Å²) in [6.45, 7) is 1.84. The van der Waals surface area contributed by atoms with E-state index in [2.05, 4.69) is 0 Å². The van der Waals surface area contributed by atoms with Gasteiger partial charge in [-0.15, -0.1) is 11.3 Å². The van der Waals surface area contributed by atoms with Crippen molar-refractivity contribution in [3.05, 3.63) is 52.4 Å². The number of piperidine rings is 1. The van der Waals surface area contributed by atoms with Gasteiger partial charge < -0.3 is 25.7 Å². The maximum Gasteiger partial charge on any atom is 0.263 e. The zero-order chi connectivity index (χ0) is 22.0. The molecule has 2 fully saturated rings. The van der Waals surface area contributed by atoms with Crippen molar-refractivity contribution < 1.29 is 14.3 Å². The highest BCUT2D eigenvalue weighted by atomic mass is 32.1. The van der Waals surface area contributed by atoms with Gasteiger partial charge in [0.15, 0.2) is 0 Å². The number of rotatable bonds is 5. The Balaban J connectivity index is 1.50. The fraction of sp³-hybridized carbons (Fsp3) is 0.348. The van der Waals surface area contributed by atoms with Gasteiger partial charge >= 0.3 is 0 Å². The lowest BCUT2D eigenvalue weighted by Gasteiger charge is -2.37. The van der Waals surface area contributed by atoms with Crippen LogP contribution in [-0.4, -0.2) is 49.7 Å². The fourth-order valence-corrected chi connectivity index (χ4v) is 5.22. The first kappa shape index (κ1) is 21.1. The second-order valence-corrected chi connectivity index (χ2v) is 8.86. The molecule has 2 saturated heterocycles. The third-order valence-electron chi connectivity index (χ3n) is 6.40. The molecule has 8 heteroatoms. The molecule has 7 nitrogen and oxygen atoms in total. The summed E-state index contributed by atoms with van der Waals surface area (Å²) in [7, 11) is 1.56. The molecule has 1 aromatic heterocycles. The van der Waals surface area contributed by atoms with E-state index < -0.39 is 5.41 Å². The number of methoxy groups -OCH3 is 1. The molecule has 0 aliphatic carbocycles. The molecular weight excluding hydrogens is 412 g/mol. The van der Waals surface area contributed by atoms with Gasteiger partial charge in [-0.1, -0.05) is 6.07 Å². The van der Waals surface area contributed by atoms with E-state index in [4.69, 9.17) is 15.9 Å². The predicted octanol–water partition coefficient (Wildman–Crippen LogP) is 3.37. The number of nitrogens with zero attached hydrogens (tertiary/aromatic N) is 2. The maximum atomic E-state index is 13.4. The molecule has 162 valence electrons. The quantitative estimate of drug-likeness (QED) is 0.699. The largest absolute Gasteiger partial charge is 0.496 e. The van der Waals surface area contributed by atoms with Gasteiger partial charge in [0.05, 0.1) is 17.4 Å². The molecule has 1 spiro atoms. The average molecular weight is 439 g/mol. The molecule has 1 aromatic carbocycles. The van der Waals surface area contributed by atoms with Gasteiger partial charge in [0.1, 0.15) is 5.75 Å². The zero-order valence-electron chi connectivity index (χ0n) is 17.5. The van der Waals surface area contributed by atoms with Crippen LogP contribution in [0.4, 0.5) is 5.69 Å². The molecule has 3 heterocycles. The topological polar surface area (TPSA) is 99.7 Å². The van der Waals surface area contributed by atoms with Gasteiger partial charge in [0, 0.05) is 54.9 Å². The Morgan fingerprint density at radius 3 is 2.58 bits per heavy atom. The number of benzene rings is 1. The monoisotopic (exact) mass is 438 g/mol. The maximum absolute atomic E-state index is 13.4. The predicted molar refractivity (Wildman–Crippen MR) is 123 cm³/mol. The Bertz CT molecular complexity index is 1020. The van der Waals surface area contributed by atoms with Gasteiger partial charge in [-0.3, -0.25) is 9.59 Å². The lowest BCUT2D eigenvalue weighted by molar-refractivity contribution is -0.127. The summed E-state index contributed by atoms with van der Waals surface area (Å²) in [5.74, 6) is 0.748. The van der Waals surface area contributed by atoms with Crippen LogP contribution in [0.15, 0.2) is 41.9 Å². The molecule has 2 aliphatic rings. The highest BCUT2D eigenvalue weighted by Gasteiger charge is 2.49. The first-order valence-electron chi connectivity index (χ1n) is 10.3. The lowest BCUT2D eigenvalue weighted by atomic mass is 9.77. The van der Waals surface area contributed by atoms with Crippen molar-refractivity contribution >= 4 is 40.6 Å². The molecule has 2 aliphatic heterocycles. The molecule has 0 atom stereocenters. The molecule has 4 rings (SSSR count). The smallest absolute Gasteiger partial charge is 0.263 e. The minimum atomic E-state index is -0.407. The molecule has 31 heavy (non-hydrogen) atoms. The van der Waals surface area contributed by atoms with Gasteiger partial charge in [0.25, 0.3) is 5.91 Å². The van der Waals surface area contributed by atoms with E-state index in [-0.39, 0.29) is 11.8 Å². The summed E-state index contributed by atoms with van der Waals surface area (Å²) in [5.41, 5.74) is 7.25. The number of ether oxygens (including phenoxy) is 1. The fourth-order valence-electron chi connectivity index (χ4n) is 4.53. The Morgan fingerprint density at radius 1 is 1.23 bits per heavy atom. The molecule has 0 saturated carbocycles. The first-order valence-corrected chi connectivity index (χ1v) is 11.2. The number of allylic oxidation sites excluding steroid dienone is 1. The summed E-state index contributed by atoms with van der Waals surface area (Å²) in [6, 6.07) is 9.26. The van der Waals surface area contributed by atoms with Crippen LogP contribution >= 0.6 is 11.3 Å². The first-order chi connectivity index (χ1) is 15.0. The number of hydrogen-bond acceptors (Lipinski definition) is 6. The van der Waals surface area contributed by atoms with Crippen molar-refractivity contribution in [2.75, 3.05) is 31.6 Å². The molecular formula is C23H26N4O3S. The summed E-state index contributed by atoms with van der Waals surface area (Å²) >= 11 is 1.45. The molecule has 2 aromatic rings. The summed E-state index contributed by atoms with van der Waals surface area (Å²) in [6.07, 6.45) is 4.70. The van der Waals surface area contributed by atoms with E-state index in [9.17, 15) is 9.59 Å². The van der Waals surface area contributed by atoms with Crippen LogP contribution < -0.4 is 15.4 Å². The van der Waals surface area contributed by atoms with Crippen LogP contribution in [0.25, 0.3) is 5.57 Å². The van der Waals surface area contributed by atoms with Gasteiger partial charge in [0.2, 0.25) is 5.91 Å². The van der Waals surface area contributed by atoms with E-state index in [0.717, 1.165) is 17.0 Å². The lowest BCUT2D eigenvalue weighted by Crippen LogP contribution is -2.46. The third kappa shape index (κ3) is 3.72. The number of nitrogens with two attached hydrogens (primary N) is 1. The van der Waals surface area contributed by atoms with E-state index >= 15 is 0 Å². The van der Waals surface area contributed by atoms with Crippen LogP contribution in [0.1, 0.15) is 34.5 Å². The van der Waals surface area contributed by atoms with Crippen molar-refractivity contribution in [1.82, 2.24) is 4.90 Å². The number of anilines is 1. The molecule has 0 unspecified atom stereocenters. The van der Waals surface area contributed by atoms with Crippen LogP contribution in [0.3, 0.4) is 0 Å². The van der Waals surface area contributed by atoms with Crippen molar-refractivity contribution in [3.8, 4) is 5.75 Å². The van der Waals surface area contributed by atoms with Gasteiger partial charge in [-0.25, -0.2) is 0 Å². The molecule has 2 amide bonds. The standard InChI is InChI=1S/C23H26N4O3S/c1-30-19-13-17(4-5-18(19)16(14-24)15-25)27-11-8-23(22(27)29)6-9-26(10-7-23)21(28)20-3-2-12-31-20/h2-5,12-15,24H,6-11,25H2,1H3/b16-15+,24-14?. The number of hydrogen-bond donors (Lipinski definition) is 2. The number of likely N-dealkylation sites (tertiary alicyclic amines) is 1. The van der Waals surface area contributed by atoms with Gasteiger partial charge in [-0.2, -0.15) is 0 Å². The second kappa shape index (κ2) is 8.55. The van der Waals surface area contributed by atoms with Crippen molar-refractivity contribution in [1.29, 1.82) is 5.41 Å². The Kier molecular flexibility index (Phi) is 5.82. The van der Waals surface area contributed by atoms with Crippen molar-refractivity contribution in [2.45, 2.75) is 19.3 Å². The number of carbonyl (C=O) groups excluding carboxylic acids is 2. The van der Waals surface area contributed by atoms with E-state index in [1.54, 1.807) is 7.11 Å². The third-order valence-corrected chi connectivity index (χ3v) is 7.25. The van der Waals surface area contributed by atoms with Gasteiger partial charge in [-0.05, 0) is 42.8 Å². The number of thiophene rings is 1. The van der Waals surface area contributed by atoms with Crippen molar-refractivity contribution in [3.63, 3.8) is 0 Å². The van der Waals surface area contributed by atoms with Crippen molar-refractivity contribution in [2.24, 2.45) is 11.1 Å². The van der Waals surface area contributed by atoms with E-state index in [1.165, 1.54) is 23.8 Å². The highest BCUT2D eigenvalue weighted by molar-refractivity contribution is 7.12.